The van der Waals surface area contributed by atoms with E-state index in [4.69, 9.17) is 14.2 Å². The number of amides is 1. The lowest BCUT2D eigenvalue weighted by Crippen LogP contribution is -2.16. The first-order valence-electron chi connectivity index (χ1n) is 8.68. The molecule has 0 aliphatic carbocycles. The van der Waals surface area contributed by atoms with Crippen LogP contribution >= 0.6 is 0 Å². The van der Waals surface area contributed by atoms with Crippen LogP contribution in [0.4, 0.5) is 11.4 Å². The highest BCUT2D eigenvalue weighted by Gasteiger charge is 2.25. The summed E-state index contributed by atoms with van der Waals surface area (Å²) in [6, 6.07) is 6.55. The number of ether oxygens (including phenoxy) is 3. The Bertz CT molecular complexity index is 1070. The molecule has 1 amide bonds. The fraction of sp³-hybridized carbons (Fsp3) is 0.316. The van der Waals surface area contributed by atoms with Crippen LogP contribution in [0, 0.1) is 17.0 Å². The number of hydrogen-bond acceptors (Lipinski definition) is 8. The van der Waals surface area contributed by atoms with Gasteiger partial charge in [0.2, 0.25) is 0 Å². The number of hydrogen-bond donors (Lipinski definition) is 1. The molecule has 1 N–H and O–H groups in total. The average Bonchev–Trinajstić information content (AvgIpc) is 2.68. The van der Waals surface area contributed by atoms with Gasteiger partial charge in [0, 0.05) is 25.1 Å². The Morgan fingerprint density at radius 1 is 1.13 bits per heavy atom. The summed E-state index contributed by atoms with van der Waals surface area (Å²) in [6.07, 6.45) is 1.04. The molecule has 0 aliphatic heterocycles. The molecule has 10 nitrogen and oxygen atoms in total. The SMILES string of the molecule is COCCOc1cc([N+](=O)[O-])c(C(=O)Nc2cc(S(C)(=O)=O)ccc2C)cc1OC. The number of nitrogens with one attached hydrogen (secondary N) is 1. The molecule has 0 bridgehead atoms. The molecule has 0 aliphatic rings. The van der Waals surface area contributed by atoms with Crippen molar-refractivity contribution in [1.82, 2.24) is 0 Å². The Morgan fingerprint density at radius 2 is 1.83 bits per heavy atom. The van der Waals surface area contributed by atoms with E-state index in [1.165, 1.54) is 38.5 Å². The minimum atomic E-state index is -3.50. The zero-order chi connectivity index (χ0) is 22.5. The molecule has 0 spiro atoms. The Morgan fingerprint density at radius 3 is 2.40 bits per heavy atom. The molecule has 0 heterocycles. The number of rotatable bonds is 9. The molecule has 0 saturated carbocycles. The van der Waals surface area contributed by atoms with E-state index < -0.39 is 26.4 Å². The average molecular weight is 438 g/mol. The van der Waals surface area contributed by atoms with Gasteiger partial charge in [-0.15, -0.1) is 0 Å². The van der Waals surface area contributed by atoms with Crippen molar-refractivity contribution in [2.45, 2.75) is 11.8 Å². The highest BCUT2D eigenvalue weighted by Crippen LogP contribution is 2.35. The second-order valence-corrected chi connectivity index (χ2v) is 8.34. The molecule has 30 heavy (non-hydrogen) atoms. The van der Waals surface area contributed by atoms with Gasteiger partial charge in [0.05, 0.1) is 29.6 Å². The van der Waals surface area contributed by atoms with Gasteiger partial charge in [-0.2, -0.15) is 0 Å². The highest BCUT2D eigenvalue weighted by molar-refractivity contribution is 7.90. The molecule has 0 fully saturated rings. The normalized spacial score (nSPS) is 11.1. The Kier molecular flexibility index (Phi) is 7.35. The first kappa shape index (κ1) is 23.1. The summed E-state index contributed by atoms with van der Waals surface area (Å²) in [5.74, 6) is -0.575. The third kappa shape index (κ3) is 5.45. The molecule has 2 aromatic carbocycles. The van der Waals surface area contributed by atoms with Gasteiger partial charge in [0.15, 0.2) is 21.3 Å². The summed E-state index contributed by atoms with van der Waals surface area (Å²) in [4.78, 5) is 23.6. The topological polar surface area (TPSA) is 134 Å². The van der Waals surface area contributed by atoms with Crippen molar-refractivity contribution in [2.24, 2.45) is 0 Å². The van der Waals surface area contributed by atoms with Crippen LogP contribution < -0.4 is 14.8 Å². The summed E-state index contributed by atoms with van der Waals surface area (Å²) >= 11 is 0. The van der Waals surface area contributed by atoms with Gasteiger partial charge in [-0.05, 0) is 24.6 Å². The van der Waals surface area contributed by atoms with Crippen molar-refractivity contribution >= 4 is 27.1 Å². The van der Waals surface area contributed by atoms with Gasteiger partial charge in [0.25, 0.3) is 11.6 Å². The van der Waals surface area contributed by atoms with Crippen molar-refractivity contribution in [3.63, 3.8) is 0 Å². The van der Waals surface area contributed by atoms with E-state index in [0.29, 0.717) is 5.56 Å². The summed E-state index contributed by atoms with van der Waals surface area (Å²) in [7, 11) is -0.675. The first-order valence-corrected chi connectivity index (χ1v) is 10.6. The molecule has 2 aromatic rings. The predicted octanol–water partition coefficient (Wildman–Crippen LogP) is 2.59. The third-order valence-corrected chi connectivity index (χ3v) is 5.26. The van der Waals surface area contributed by atoms with Crippen LogP contribution in [0.5, 0.6) is 11.5 Å². The van der Waals surface area contributed by atoms with Gasteiger partial charge in [-0.25, -0.2) is 8.42 Å². The quantitative estimate of drug-likeness (QED) is 0.359. The van der Waals surface area contributed by atoms with Crippen molar-refractivity contribution in [2.75, 3.05) is 39.0 Å². The first-order chi connectivity index (χ1) is 14.1. The number of sulfone groups is 1. The van der Waals surface area contributed by atoms with E-state index in [9.17, 15) is 23.3 Å². The van der Waals surface area contributed by atoms with Gasteiger partial charge in [-0.1, -0.05) is 6.07 Å². The van der Waals surface area contributed by atoms with E-state index in [-0.39, 0.29) is 40.9 Å². The van der Waals surface area contributed by atoms with Gasteiger partial charge in [-0.3, -0.25) is 14.9 Å². The fourth-order valence-corrected chi connectivity index (χ4v) is 3.19. The van der Waals surface area contributed by atoms with Crippen LogP contribution in [-0.4, -0.2) is 52.9 Å². The number of anilines is 1. The van der Waals surface area contributed by atoms with Crippen molar-refractivity contribution in [3.8, 4) is 11.5 Å². The van der Waals surface area contributed by atoms with Crippen LogP contribution in [0.3, 0.4) is 0 Å². The van der Waals surface area contributed by atoms with E-state index in [1.54, 1.807) is 6.92 Å². The monoisotopic (exact) mass is 438 g/mol. The Labute approximate surface area is 173 Å². The smallest absolute Gasteiger partial charge is 0.286 e. The lowest BCUT2D eigenvalue weighted by molar-refractivity contribution is -0.385. The zero-order valence-corrected chi connectivity index (χ0v) is 17.7. The van der Waals surface area contributed by atoms with Gasteiger partial charge in [0.1, 0.15) is 12.2 Å². The number of nitro groups is 1. The fourth-order valence-electron chi connectivity index (χ4n) is 2.55. The minimum absolute atomic E-state index is 0.0115. The lowest BCUT2D eigenvalue weighted by Gasteiger charge is -2.14. The molecule has 0 unspecified atom stereocenters. The molecule has 11 heteroatoms. The van der Waals surface area contributed by atoms with Crippen LogP contribution in [0.2, 0.25) is 0 Å². The predicted molar refractivity (Wildman–Crippen MR) is 109 cm³/mol. The van der Waals surface area contributed by atoms with E-state index in [0.717, 1.165) is 12.3 Å². The number of nitro benzene ring substituents is 1. The summed E-state index contributed by atoms with van der Waals surface area (Å²) in [5.41, 5.74) is 0.0548. The maximum atomic E-state index is 12.8. The van der Waals surface area contributed by atoms with Crippen LogP contribution in [0.15, 0.2) is 35.2 Å². The van der Waals surface area contributed by atoms with E-state index in [1.807, 2.05) is 0 Å². The third-order valence-electron chi connectivity index (χ3n) is 4.15. The number of benzene rings is 2. The second-order valence-electron chi connectivity index (χ2n) is 6.32. The van der Waals surface area contributed by atoms with E-state index in [2.05, 4.69) is 5.32 Å². The zero-order valence-electron chi connectivity index (χ0n) is 16.9. The molecular formula is C19H22N2O8S. The Hall–Kier alpha value is -3.18. The van der Waals surface area contributed by atoms with E-state index >= 15 is 0 Å². The highest BCUT2D eigenvalue weighted by atomic mass is 32.2. The number of aryl methyl sites for hydroxylation is 1. The molecule has 0 saturated heterocycles. The van der Waals surface area contributed by atoms with Crippen LogP contribution in [-0.2, 0) is 14.6 Å². The second kappa shape index (κ2) is 9.55. The van der Waals surface area contributed by atoms with Crippen molar-refractivity contribution in [3.05, 3.63) is 51.6 Å². The van der Waals surface area contributed by atoms with Gasteiger partial charge < -0.3 is 19.5 Å². The number of carbonyl (C=O) groups is 1. The Balaban J connectivity index is 2.45. The largest absolute Gasteiger partial charge is 0.493 e. The van der Waals surface area contributed by atoms with Crippen LogP contribution in [0.25, 0.3) is 0 Å². The summed E-state index contributed by atoms with van der Waals surface area (Å²) in [6.45, 7) is 2.06. The van der Waals surface area contributed by atoms with Gasteiger partial charge >= 0.3 is 0 Å². The number of methoxy groups -OCH3 is 2. The van der Waals surface area contributed by atoms with Crippen LogP contribution in [0.1, 0.15) is 15.9 Å². The summed E-state index contributed by atoms with van der Waals surface area (Å²) < 4.78 is 39.1. The molecule has 0 atom stereocenters. The molecule has 0 radical (unpaired) electrons. The van der Waals surface area contributed by atoms with Crippen molar-refractivity contribution in [1.29, 1.82) is 0 Å². The maximum absolute atomic E-state index is 12.8. The summed E-state index contributed by atoms with van der Waals surface area (Å²) in [5, 5.41) is 14.1. The minimum Gasteiger partial charge on any atom is -0.493 e. The molecule has 2 rings (SSSR count). The molecular weight excluding hydrogens is 416 g/mol. The molecule has 162 valence electrons. The number of nitrogens with zero attached hydrogens (tertiary/aromatic N) is 1. The molecule has 0 aromatic heterocycles. The standard InChI is InChI=1S/C19H22N2O8S/c1-12-5-6-13(30(4,25)26)9-15(12)20-19(22)14-10-17(28-3)18(29-8-7-27-2)11-16(14)21(23)24/h5-6,9-11H,7-8H2,1-4H3,(H,20,22). The number of carbonyl (C=O) groups excluding carboxylic acids is 1. The maximum Gasteiger partial charge on any atom is 0.286 e. The van der Waals surface area contributed by atoms with Crippen molar-refractivity contribution < 1.29 is 32.3 Å². The lowest BCUT2D eigenvalue weighted by atomic mass is 10.1.